The van der Waals surface area contributed by atoms with Crippen molar-refractivity contribution in [1.82, 2.24) is 15.0 Å². The molecule has 9 nitrogen and oxygen atoms in total. The van der Waals surface area contributed by atoms with Crippen LogP contribution in [0, 0.1) is 13.8 Å². The number of ether oxygens (including phenoxy) is 2. The lowest BCUT2D eigenvalue weighted by atomic mass is 10.3. The fourth-order valence-electron chi connectivity index (χ4n) is 2.20. The van der Waals surface area contributed by atoms with Gasteiger partial charge in [-0.25, -0.2) is 29.3 Å². The molecule has 3 heterocycles. The van der Waals surface area contributed by atoms with Crippen LogP contribution in [0.2, 0.25) is 0 Å². The van der Waals surface area contributed by atoms with Gasteiger partial charge in [-0.15, -0.1) is 0 Å². The molecule has 174 valence electrons. The van der Waals surface area contributed by atoms with E-state index in [9.17, 15) is 14.4 Å². The van der Waals surface area contributed by atoms with E-state index in [-0.39, 0.29) is 5.69 Å². The highest BCUT2D eigenvalue weighted by Gasteiger charge is 2.06. The molecule has 3 aromatic rings. The number of pyridine rings is 3. The van der Waals surface area contributed by atoms with Gasteiger partial charge in [0.15, 0.2) is 0 Å². The zero-order chi connectivity index (χ0) is 24.8. The summed E-state index contributed by atoms with van der Waals surface area (Å²) in [7, 11) is 2.68. The van der Waals surface area contributed by atoms with E-state index in [1.54, 1.807) is 43.3 Å². The molecule has 0 saturated heterocycles. The first-order valence-corrected chi connectivity index (χ1v) is 10.6. The number of carboxylic acids is 1. The molecule has 0 fully saturated rings. The van der Waals surface area contributed by atoms with E-state index in [2.05, 4.69) is 40.4 Å². The number of hydrogen-bond acceptors (Lipinski definition) is 8. The predicted octanol–water partition coefficient (Wildman–Crippen LogP) is 4.03. The second-order valence-electron chi connectivity index (χ2n) is 6.26. The van der Waals surface area contributed by atoms with Crippen LogP contribution in [-0.2, 0) is 14.8 Å². The summed E-state index contributed by atoms with van der Waals surface area (Å²) >= 11 is 3.25. The van der Waals surface area contributed by atoms with Gasteiger partial charge in [0, 0.05) is 16.7 Å². The highest BCUT2D eigenvalue weighted by molar-refractivity contribution is 9.08. The summed E-state index contributed by atoms with van der Waals surface area (Å²) in [4.78, 5) is 43.9. The largest absolute Gasteiger partial charge is 0.477 e. The van der Waals surface area contributed by atoms with Crippen LogP contribution in [-0.4, -0.2) is 52.2 Å². The van der Waals surface area contributed by atoms with Gasteiger partial charge in [-0.1, -0.05) is 34.1 Å². The lowest BCUT2D eigenvalue weighted by molar-refractivity contribution is 0.0585. The molecule has 0 aliphatic rings. The third-order valence-corrected chi connectivity index (χ3v) is 4.30. The van der Waals surface area contributed by atoms with E-state index in [1.165, 1.54) is 20.3 Å². The van der Waals surface area contributed by atoms with E-state index in [1.807, 2.05) is 19.1 Å². The fraction of sp³-hybridized carbons (Fsp3) is 0.217. The zero-order valence-electron chi connectivity index (χ0n) is 18.6. The van der Waals surface area contributed by atoms with Crippen LogP contribution in [0.3, 0.4) is 0 Å². The molecule has 0 aliphatic heterocycles. The lowest BCUT2D eigenvalue weighted by Crippen LogP contribution is -2.04. The first kappa shape index (κ1) is 27.4. The molecule has 3 aromatic heterocycles. The van der Waals surface area contributed by atoms with Gasteiger partial charge >= 0.3 is 17.9 Å². The van der Waals surface area contributed by atoms with Gasteiger partial charge in [0.25, 0.3) is 0 Å². The molecule has 0 aliphatic carbocycles. The molecule has 0 radical (unpaired) electrons. The maximum Gasteiger partial charge on any atom is 0.356 e. The van der Waals surface area contributed by atoms with E-state index in [4.69, 9.17) is 5.11 Å². The van der Waals surface area contributed by atoms with Gasteiger partial charge in [0.2, 0.25) is 0 Å². The van der Waals surface area contributed by atoms with Crippen molar-refractivity contribution in [3.8, 4) is 0 Å². The van der Waals surface area contributed by atoms with Gasteiger partial charge in [0.05, 0.1) is 19.9 Å². The van der Waals surface area contributed by atoms with Crippen molar-refractivity contribution in [2.75, 3.05) is 14.2 Å². The Morgan fingerprint density at radius 1 is 0.758 bits per heavy atom. The minimum atomic E-state index is -0.983. The Labute approximate surface area is 200 Å². The third-order valence-electron chi connectivity index (χ3n) is 3.73. The van der Waals surface area contributed by atoms with Crippen molar-refractivity contribution in [3.05, 3.63) is 88.8 Å². The number of carbonyl (C=O) groups is 3. The Morgan fingerprint density at radius 2 is 1.18 bits per heavy atom. The number of nitrogens with zero attached hydrogens (tertiary/aromatic N) is 3. The van der Waals surface area contributed by atoms with Crippen molar-refractivity contribution < 1.29 is 29.0 Å². The maximum absolute atomic E-state index is 11.0. The SMILES string of the molecule is COC(=O)c1cccc(C)n1.COC(=O)c1cccc(CBr)n1.Cc1cccc(C(=O)O)n1. The van der Waals surface area contributed by atoms with Crippen molar-refractivity contribution in [2.45, 2.75) is 19.2 Å². The number of aromatic carboxylic acids is 1. The molecule has 0 bridgehead atoms. The van der Waals surface area contributed by atoms with Gasteiger partial charge in [0.1, 0.15) is 17.1 Å². The van der Waals surface area contributed by atoms with Gasteiger partial charge in [-0.05, 0) is 50.2 Å². The summed E-state index contributed by atoms with van der Waals surface area (Å²) < 4.78 is 9.01. The van der Waals surface area contributed by atoms with Crippen LogP contribution in [0.5, 0.6) is 0 Å². The smallest absolute Gasteiger partial charge is 0.356 e. The molecule has 33 heavy (non-hydrogen) atoms. The summed E-state index contributed by atoms with van der Waals surface area (Å²) in [6.45, 7) is 3.58. The summed E-state index contributed by atoms with van der Waals surface area (Å²) in [6, 6.07) is 15.3. The Bertz CT molecular complexity index is 1090. The summed E-state index contributed by atoms with van der Waals surface area (Å²) in [5.41, 5.74) is 3.15. The first-order valence-electron chi connectivity index (χ1n) is 9.51. The van der Waals surface area contributed by atoms with Crippen LogP contribution in [0.1, 0.15) is 48.5 Å². The minimum Gasteiger partial charge on any atom is -0.477 e. The van der Waals surface area contributed by atoms with E-state index >= 15 is 0 Å². The fourth-order valence-corrected chi connectivity index (χ4v) is 2.51. The zero-order valence-corrected chi connectivity index (χ0v) is 20.2. The number of hydrogen-bond donors (Lipinski definition) is 1. The van der Waals surface area contributed by atoms with E-state index in [0.717, 1.165) is 17.1 Å². The maximum atomic E-state index is 11.0. The summed E-state index contributed by atoms with van der Waals surface area (Å²) in [5, 5.41) is 9.08. The molecule has 3 rings (SSSR count). The topological polar surface area (TPSA) is 129 Å². The molecular weight excluding hydrogens is 494 g/mol. The van der Waals surface area contributed by atoms with Gasteiger partial charge < -0.3 is 14.6 Å². The molecule has 0 atom stereocenters. The van der Waals surface area contributed by atoms with Crippen molar-refractivity contribution >= 4 is 33.8 Å². The number of esters is 2. The monoisotopic (exact) mass is 517 g/mol. The minimum absolute atomic E-state index is 0.0972. The second kappa shape index (κ2) is 14.4. The average Bonchev–Trinajstić information content (AvgIpc) is 2.83. The average molecular weight is 518 g/mol. The quantitative estimate of drug-likeness (QED) is 0.402. The van der Waals surface area contributed by atoms with Crippen molar-refractivity contribution in [2.24, 2.45) is 0 Å². The van der Waals surface area contributed by atoms with Gasteiger partial charge in [-0.2, -0.15) is 0 Å². The number of carboxylic acid groups (broad SMARTS) is 1. The summed E-state index contributed by atoms with van der Waals surface area (Å²) in [6.07, 6.45) is 0. The standard InChI is InChI=1S/C8H8BrNO2.C8H9NO2.C7H7NO2/c1-12-8(11)7-4-2-3-6(5-9)10-7;1-6-4-3-5-7(9-6)8(10)11-2;1-5-3-2-4-6(8-5)7(9)10/h2-4H,5H2,1H3;3-5H,1-2H3;2-4H,1H3,(H,9,10). The van der Waals surface area contributed by atoms with Crippen LogP contribution in [0.25, 0.3) is 0 Å². The van der Waals surface area contributed by atoms with E-state index < -0.39 is 17.9 Å². The molecule has 0 aromatic carbocycles. The highest BCUT2D eigenvalue weighted by atomic mass is 79.9. The number of aromatic nitrogens is 3. The Hall–Kier alpha value is -3.66. The number of halogens is 1. The van der Waals surface area contributed by atoms with Crippen LogP contribution in [0.15, 0.2) is 54.6 Å². The molecule has 0 saturated carbocycles. The van der Waals surface area contributed by atoms with Crippen LogP contribution >= 0.6 is 15.9 Å². The molecule has 0 unspecified atom stereocenters. The van der Waals surface area contributed by atoms with E-state index in [0.29, 0.717) is 16.7 Å². The first-order chi connectivity index (χ1) is 15.7. The Morgan fingerprint density at radius 3 is 1.58 bits per heavy atom. The number of aryl methyl sites for hydroxylation is 2. The number of carbonyl (C=O) groups excluding carboxylic acids is 2. The van der Waals surface area contributed by atoms with Crippen LogP contribution in [0.4, 0.5) is 0 Å². The Balaban J connectivity index is 0.000000249. The third kappa shape index (κ3) is 10.0. The molecular formula is C23H24BrN3O6. The normalized spacial score (nSPS) is 9.36. The highest BCUT2D eigenvalue weighted by Crippen LogP contribution is 2.04. The number of methoxy groups -OCH3 is 2. The van der Waals surface area contributed by atoms with Gasteiger partial charge in [-0.3, -0.25) is 0 Å². The predicted molar refractivity (Wildman–Crippen MR) is 124 cm³/mol. The number of rotatable bonds is 4. The molecule has 0 spiro atoms. The van der Waals surface area contributed by atoms with Crippen LogP contribution < -0.4 is 0 Å². The second-order valence-corrected chi connectivity index (χ2v) is 6.83. The van der Waals surface area contributed by atoms with Crippen molar-refractivity contribution in [1.29, 1.82) is 0 Å². The lowest BCUT2D eigenvalue weighted by Gasteiger charge is -1.99. The number of alkyl halides is 1. The molecule has 10 heteroatoms. The molecule has 0 amide bonds. The molecule has 1 N–H and O–H groups in total. The summed E-state index contributed by atoms with van der Waals surface area (Å²) in [5.74, 6) is -1.78. The van der Waals surface area contributed by atoms with Crippen molar-refractivity contribution in [3.63, 3.8) is 0 Å². The Kier molecular flexibility index (Phi) is 12.0.